The highest BCUT2D eigenvalue weighted by Gasteiger charge is 2.27. The van der Waals surface area contributed by atoms with Gasteiger partial charge in [0.25, 0.3) is 5.91 Å². The summed E-state index contributed by atoms with van der Waals surface area (Å²) in [5.41, 5.74) is 0. The van der Waals surface area contributed by atoms with Crippen molar-refractivity contribution in [2.75, 3.05) is 26.7 Å². The number of carbonyl (C=O) groups is 1. The normalized spacial score (nSPS) is 23.3. The van der Waals surface area contributed by atoms with Crippen LogP contribution in [0, 0.1) is 23.7 Å². The van der Waals surface area contributed by atoms with E-state index in [1.807, 2.05) is 17.9 Å². The lowest BCUT2D eigenvalue weighted by molar-refractivity contribution is -0.128. The Balaban J connectivity index is 2.71. The zero-order chi connectivity index (χ0) is 9.84. The molecular weight excluding hydrogens is 166 g/mol. The molecule has 1 amide bonds. The van der Waals surface area contributed by atoms with Crippen LogP contribution in [0.25, 0.3) is 0 Å². The van der Waals surface area contributed by atoms with Gasteiger partial charge in [0.05, 0.1) is 6.07 Å². The number of nitriles is 1. The van der Waals surface area contributed by atoms with Crippen molar-refractivity contribution < 1.29 is 4.79 Å². The third-order valence-electron chi connectivity index (χ3n) is 2.12. The summed E-state index contributed by atoms with van der Waals surface area (Å²) >= 11 is 0. The number of rotatable bonds is 0. The highest BCUT2D eigenvalue weighted by Crippen LogP contribution is 2.07. The first-order valence-electron chi connectivity index (χ1n) is 4.04. The van der Waals surface area contributed by atoms with Crippen molar-refractivity contribution in [2.24, 2.45) is 0 Å². The minimum atomic E-state index is -0.401. The van der Waals surface area contributed by atoms with E-state index in [2.05, 4.69) is 6.07 Å². The smallest absolute Gasteiger partial charge is 0.299 e. The Kier molecular flexibility index (Phi) is 2.89. The summed E-state index contributed by atoms with van der Waals surface area (Å²) < 4.78 is 0. The van der Waals surface area contributed by atoms with Gasteiger partial charge in [-0.1, -0.05) is 0 Å². The number of hydrogen-bond donors (Lipinski definition) is 0. The molecule has 1 fully saturated rings. The standard InChI is InChI=1S/C9H11N3O/c1-3-9(13)12-5-4-11(2)7-8(12)6-10/h1,8H,4-5,7H2,2H3. The Labute approximate surface area is 77.7 Å². The lowest BCUT2D eigenvalue weighted by atomic mass is 10.2. The van der Waals surface area contributed by atoms with Gasteiger partial charge in [0.15, 0.2) is 0 Å². The highest BCUT2D eigenvalue weighted by atomic mass is 16.2. The molecule has 13 heavy (non-hydrogen) atoms. The van der Waals surface area contributed by atoms with Crippen LogP contribution in [-0.4, -0.2) is 48.4 Å². The van der Waals surface area contributed by atoms with Gasteiger partial charge in [-0.3, -0.25) is 4.79 Å². The fraction of sp³-hybridized carbons (Fsp3) is 0.556. The molecule has 1 aliphatic rings. The number of likely N-dealkylation sites (N-methyl/N-ethyl adjacent to an activating group) is 1. The number of carbonyl (C=O) groups excluding carboxylic acids is 1. The number of piperazine rings is 1. The van der Waals surface area contributed by atoms with Gasteiger partial charge in [-0.05, 0) is 13.0 Å². The van der Waals surface area contributed by atoms with Crippen LogP contribution in [0.2, 0.25) is 0 Å². The second kappa shape index (κ2) is 3.93. The maximum Gasteiger partial charge on any atom is 0.299 e. The van der Waals surface area contributed by atoms with Gasteiger partial charge in [-0.15, -0.1) is 6.42 Å². The van der Waals surface area contributed by atoms with Gasteiger partial charge in [0.1, 0.15) is 6.04 Å². The van der Waals surface area contributed by atoms with Crippen LogP contribution in [0.4, 0.5) is 0 Å². The molecular formula is C9H11N3O. The molecule has 1 atom stereocenters. The SMILES string of the molecule is C#CC(=O)N1CCN(C)CC1C#N. The Bertz CT molecular complexity index is 286. The molecule has 0 saturated carbocycles. The fourth-order valence-electron chi connectivity index (χ4n) is 1.36. The van der Waals surface area contributed by atoms with E-state index in [1.54, 1.807) is 0 Å². The van der Waals surface area contributed by atoms with Crippen LogP contribution in [0.1, 0.15) is 0 Å². The van der Waals surface area contributed by atoms with Crippen molar-refractivity contribution in [3.8, 4) is 18.4 Å². The van der Waals surface area contributed by atoms with Gasteiger partial charge in [0.2, 0.25) is 0 Å². The predicted octanol–water partition coefficient (Wildman–Crippen LogP) is -0.714. The van der Waals surface area contributed by atoms with Gasteiger partial charge in [-0.25, -0.2) is 0 Å². The van der Waals surface area contributed by atoms with Crippen LogP contribution >= 0.6 is 0 Å². The quantitative estimate of drug-likeness (QED) is 0.459. The second-order valence-electron chi connectivity index (χ2n) is 3.05. The molecule has 0 aromatic carbocycles. The summed E-state index contributed by atoms with van der Waals surface area (Å²) in [6, 6.07) is 1.67. The number of hydrogen-bond acceptors (Lipinski definition) is 3. The third kappa shape index (κ3) is 1.99. The summed E-state index contributed by atoms with van der Waals surface area (Å²) in [7, 11) is 1.92. The Morgan fingerprint density at radius 3 is 2.85 bits per heavy atom. The Hall–Kier alpha value is -1.52. The van der Waals surface area contributed by atoms with Crippen molar-refractivity contribution in [3.63, 3.8) is 0 Å². The summed E-state index contributed by atoms with van der Waals surface area (Å²) in [5.74, 6) is 1.64. The van der Waals surface area contributed by atoms with E-state index >= 15 is 0 Å². The molecule has 0 radical (unpaired) electrons. The molecule has 1 unspecified atom stereocenters. The van der Waals surface area contributed by atoms with Gasteiger partial charge < -0.3 is 9.80 Å². The summed E-state index contributed by atoms with van der Waals surface area (Å²) in [4.78, 5) is 14.6. The van der Waals surface area contributed by atoms with E-state index in [0.29, 0.717) is 13.1 Å². The van der Waals surface area contributed by atoms with Crippen LogP contribution < -0.4 is 0 Å². The van der Waals surface area contributed by atoms with Crippen LogP contribution in [-0.2, 0) is 4.79 Å². The minimum Gasteiger partial charge on any atom is -0.313 e. The van der Waals surface area contributed by atoms with Crippen molar-refractivity contribution in [1.29, 1.82) is 5.26 Å². The monoisotopic (exact) mass is 177 g/mol. The third-order valence-corrected chi connectivity index (χ3v) is 2.12. The molecule has 68 valence electrons. The van der Waals surface area contributed by atoms with Gasteiger partial charge in [-0.2, -0.15) is 5.26 Å². The highest BCUT2D eigenvalue weighted by molar-refractivity contribution is 5.93. The minimum absolute atomic E-state index is 0.389. The van der Waals surface area contributed by atoms with E-state index in [0.717, 1.165) is 6.54 Å². The van der Waals surface area contributed by atoms with E-state index in [4.69, 9.17) is 11.7 Å². The topological polar surface area (TPSA) is 47.3 Å². The number of terminal acetylenes is 1. The lowest BCUT2D eigenvalue weighted by Crippen LogP contribution is -2.53. The average Bonchev–Trinajstić information content (AvgIpc) is 2.16. The zero-order valence-corrected chi connectivity index (χ0v) is 7.53. The molecule has 1 heterocycles. The van der Waals surface area contributed by atoms with Crippen LogP contribution in [0.15, 0.2) is 0 Å². The first-order chi connectivity index (χ1) is 6.19. The fourth-order valence-corrected chi connectivity index (χ4v) is 1.36. The molecule has 1 saturated heterocycles. The molecule has 0 bridgehead atoms. The van der Waals surface area contributed by atoms with Crippen molar-refractivity contribution >= 4 is 5.91 Å². The summed E-state index contributed by atoms with van der Waals surface area (Å²) in [6.07, 6.45) is 4.99. The Morgan fingerprint density at radius 1 is 1.62 bits per heavy atom. The number of amides is 1. The molecule has 0 aromatic rings. The van der Waals surface area contributed by atoms with Gasteiger partial charge >= 0.3 is 0 Å². The molecule has 1 aliphatic heterocycles. The largest absolute Gasteiger partial charge is 0.313 e. The first-order valence-corrected chi connectivity index (χ1v) is 4.04. The Morgan fingerprint density at radius 2 is 2.31 bits per heavy atom. The van der Waals surface area contributed by atoms with Crippen molar-refractivity contribution in [3.05, 3.63) is 0 Å². The lowest BCUT2D eigenvalue weighted by Gasteiger charge is -2.35. The maximum atomic E-state index is 11.2. The molecule has 0 aromatic heterocycles. The molecule has 1 rings (SSSR count). The van der Waals surface area contributed by atoms with Crippen LogP contribution in [0.5, 0.6) is 0 Å². The first kappa shape index (κ1) is 9.57. The van der Waals surface area contributed by atoms with E-state index in [9.17, 15) is 4.79 Å². The van der Waals surface area contributed by atoms with E-state index in [1.165, 1.54) is 4.90 Å². The number of nitrogens with zero attached hydrogens (tertiary/aromatic N) is 3. The molecule has 4 heteroatoms. The van der Waals surface area contributed by atoms with E-state index < -0.39 is 6.04 Å². The van der Waals surface area contributed by atoms with Crippen LogP contribution in [0.3, 0.4) is 0 Å². The predicted molar refractivity (Wildman–Crippen MR) is 47.4 cm³/mol. The molecule has 0 N–H and O–H groups in total. The second-order valence-corrected chi connectivity index (χ2v) is 3.05. The van der Waals surface area contributed by atoms with Gasteiger partial charge in [0, 0.05) is 19.6 Å². The average molecular weight is 177 g/mol. The summed E-state index contributed by atoms with van der Waals surface area (Å²) in [5, 5.41) is 8.78. The molecule has 4 nitrogen and oxygen atoms in total. The maximum absolute atomic E-state index is 11.2. The molecule has 0 spiro atoms. The van der Waals surface area contributed by atoms with Crippen molar-refractivity contribution in [2.45, 2.75) is 6.04 Å². The molecule has 0 aliphatic carbocycles. The zero-order valence-electron chi connectivity index (χ0n) is 7.53. The van der Waals surface area contributed by atoms with Crippen molar-refractivity contribution in [1.82, 2.24) is 9.80 Å². The summed E-state index contributed by atoms with van der Waals surface area (Å²) in [6.45, 7) is 1.88. The van der Waals surface area contributed by atoms with E-state index in [-0.39, 0.29) is 5.91 Å².